The average molecular weight is 171 g/mol. The van der Waals surface area contributed by atoms with E-state index in [4.69, 9.17) is 23.2 Å². The second kappa shape index (κ2) is 5.80. The average Bonchev–Trinajstić information content (AvgIpc) is 1.83. The Balaban J connectivity index is 3.12. The lowest BCUT2D eigenvalue weighted by Gasteiger charge is -1.91. The normalized spacial score (nSPS) is 12.1. The zero-order chi connectivity index (χ0) is 6.41. The van der Waals surface area contributed by atoms with Crippen molar-refractivity contribution in [2.45, 2.75) is 13.3 Å². The second-order valence-electron chi connectivity index (χ2n) is 1.26. The molecule has 0 amide bonds. The molecule has 8 heavy (non-hydrogen) atoms. The Hall–Kier alpha value is 0.670. The highest BCUT2D eigenvalue weighted by atomic mass is 35.5. The molecule has 0 aromatic carbocycles. The van der Waals surface area contributed by atoms with E-state index in [1.54, 1.807) is 11.8 Å². The Morgan fingerprint density at radius 2 is 2.38 bits per heavy atom. The summed E-state index contributed by atoms with van der Waals surface area (Å²) in [6, 6.07) is 0. The zero-order valence-corrected chi connectivity index (χ0v) is 6.98. The largest absolute Gasteiger partial charge is 0.113 e. The van der Waals surface area contributed by atoms with Crippen molar-refractivity contribution in [2.75, 3.05) is 5.75 Å². The molecule has 0 aromatic heterocycles. The molecule has 0 saturated heterocycles. The van der Waals surface area contributed by atoms with Gasteiger partial charge in [-0.1, -0.05) is 30.1 Å². The molecule has 0 aliphatic carbocycles. The highest BCUT2D eigenvalue weighted by Gasteiger charge is 1.87. The van der Waals surface area contributed by atoms with Crippen LogP contribution in [0, 0.1) is 0 Å². The lowest BCUT2D eigenvalue weighted by Crippen LogP contribution is -1.69. The van der Waals surface area contributed by atoms with Crippen LogP contribution in [0.4, 0.5) is 0 Å². The maximum absolute atomic E-state index is 5.54. The monoisotopic (exact) mass is 170 g/mol. The SMILES string of the molecule is CCCS/C(Cl)=C/Cl. The van der Waals surface area contributed by atoms with E-state index in [1.807, 2.05) is 0 Å². The molecule has 0 aliphatic heterocycles. The van der Waals surface area contributed by atoms with Gasteiger partial charge in [-0.15, -0.1) is 11.8 Å². The Bertz CT molecular complexity index is 80.5. The first-order valence-corrected chi connectivity index (χ1v) is 4.20. The maximum atomic E-state index is 5.54. The fraction of sp³-hybridized carbons (Fsp3) is 0.600. The summed E-state index contributed by atoms with van der Waals surface area (Å²) >= 11 is 12.4. The van der Waals surface area contributed by atoms with Crippen molar-refractivity contribution in [2.24, 2.45) is 0 Å². The van der Waals surface area contributed by atoms with Crippen molar-refractivity contribution in [3.05, 3.63) is 9.90 Å². The molecule has 0 fully saturated rings. The third kappa shape index (κ3) is 4.82. The summed E-state index contributed by atoms with van der Waals surface area (Å²) in [7, 11) is 0. The van der Waals surface area contributed by atoms with Crippen LogP contribution in [-0.2, 0) is 0 Å². The van der Waals surface area contributed by atoms with E-state index in [9.17, 15) is 0 Å². The first-order valence-electron chi connectivity index (χ1n) is 2.40. The lowest BCUT2D eigenvalue weighted by atomic mass is 10.6. The summed E-state index contributed by atoms with van der Waals surface area (Å²) in [5, 5.41) is 0. The van der Waals surface area contributed by atoms with Gasteiger partial charge in [-0.3, -0.25) is 0 Å². The van der Waals surface area contributed by atoms with E-state index in [0.717, 1.165) is 12.2 Å². The Kier molecular flexibility index (Phi) is 6.29. The van der Waals surface area contributed by atoms with Crippen LogP contribution in [0.1, 0.15) is 13.3 Å². The summed E-state index contributed by atoms with van der Waals surface area (Å²) in [6.45, 7) is 2.10. The number of thioether (sulfide) groups is 1. The summed E-state index contributed by atoms with van der Waals surface area (Å²) < 4.78 is 0.675. The van der Waals surface area contributed by atoms with Crippen molar-refractivity contribution in [3.8, 4) is 0 Å². The highest BCUT2D eigenvalue weighted by molar-refractivity contribution is 8.04. The highest BCUT2D eigenvalue weighted by Crippen LogP contribution is 2.20. The molecule has 0 aliphatic rings. The van der Waals surface area contributed by atoms with Crippen LogP contribution < -0.4 is 0 Å². The standard InChI is InChI=1S/C5H8Cl2S/c1-2-3-8-5(7)4-6/h4H,2-3H2,1H3/b5-4+. The smallest absolute Gasteiger partial charge is 0.0848 e. The van der Waals surface area contributed by atoms with Gasteiger partial charge in [0.2, 0.25) is 0 Å². The molecule has 0 heterocycles. The van der Waals surface area contributed by atoms with E-state index >= 15 is 0 Å². The summed E-state index contributed by atoms with van der Waals surface area (Å²) in [5.41, 5.74) is 1.39. The second-order valence-corrected chi connectivity index (χ2v) is 3.25. The topological polar surface area (TPSA) is 0 Å². The Morgan fingerprint density at radius 1 is 1.75 bits per heavy atom. The molecule has 3 heteroatoms. The minimum Gasteiger partial charge on any atom is -0.113 e. The van der Waals surface area contributed by atoms with Crippen LogP contribution in [0.15, 0.2) is 9.90 Å². The van der Waals surface area contributed by atoms with Crippen molar-refractivity contribution in [1.29, 1.82) is 0 Å². The van der Waals surface area contributed by atoms with Gasteiger partial charge >= 0.3 is 0 Å². The van der Waals surface area contributed by atoms with Crippen LogP contribution in [0.3, 0.4) is 0 Å². The first kappa shape index (κ1) is 8.67. The van der Waals surface area contributed by atoms with Crippen molar-refractivity contribution < 1.29 is 0 Å². The van der Waals surface area contributed by atoms with E-state index in [1.165, 1.54) is 5.54 Å². The third-order valence-electron chi connectivity index (χ3n) is 0.530. The van der Waals surface area contributed by atoms with Gasteiger partial charge in [-0.2, -0.15) is 0 Å². The molecule has 0 bridgehead atoms. The van der Waals surface area contributed by atoms with Crippen LogP contribution >= 0.6 is 35.0 Å². The molecule has 0 N–H and O–H groups in total. The fourth-order valence-corrected chi connectivity index (χ4v) is 1.11. The summed E-state index contributed by atoms with van der Waals surface area (Å²) in [4.78, 5) is 0. The number of rotatable bonds is 3. The van der Waals surface area contributed by atoms with Gasteiger partial charge in [0.15, 0.2) is 0 Å². The molecule has 0 spiro atoms. The quantitative estimate of drug-likeness (QED) is 0.626. The number of halogens is 2. The minimum absolute atomic E-state index is 0.675. The molecular weight excluding hydrogens is 163 g/mol. The zero-order valence-electron chi connectivity index (χ0n) is 4.66. The van der Waals surface area contributed by atoms with Crippen LogP contribution in [0.2, 0.25) is 0 Å². The molecule has 0 unspecified atom stereocenters. The van der Waals surface area contributed by atoms with Gasteiger partial charge in [0.25, 0.3) is 0 Å². The number of hydrogen-bond acceptors (Lipinski definition) is 1. The molecule has 0 nitrogen and oxygen atoms in total. The minimum atomic E-state index is 0.675. The van der Waals surface area contributed by atoms with E-state index < -0.39 is 0 Å². The molecule has 0 atom stereocenters. The van der Waals surface area contributed by atoms with E-state index in [0.29, 0.717) is 4.36 Å². The van der Waals surface area contributed by atoms with Gasteiger partial charge in [0.05, 0.1) is 4.36 Å². The molecule has 0 saturated carbocycles. The van der Waals surface area contributed by atoms with Gasteiger partial charge in [-0.05, 0) is 12.2 Å². The first-order chi connectivity index (χ1) is 3.81. The predicted octanol–water partition coefficient (Wildman–Crippen LogP) is 3.41. The Labute approximate surface area is 64.2 Å². The molecule has 0 rings (SSSR count). The van der Waals surface area contributed by atoms with Crippen molar-refractivity contribution in [1.82, 2.24) is 0 Å². The predicted molar refractivity (Wildman–Crippen MR) is 42.5 cm³/mol. The molecular formula is C5H8Cl2S. The van der Waals surface area contributed by atoms with Gasteiger partial charge in [0.1, 0.15) is 0 Å². The summed E-state index contributed by atoms with van der Waals surface area (Å²) in [5.74, 6) is 1.04. The fourth-order valence-electron chi connectivity index (χ4n) is 0.231. The summed E-state index contributed by atoms with van der Waals surface area (Å²) in [6.07, 6.45) is 1.13. The van der Waals surface area contributed by atoms with Gasteiger partial charge < -0.3 is 0 Å². The third-order valence-corrected chi connectivity index (χ3v) is 2.43. The molecule has 0 aromatic rings. The van der Waals surface area contributed by atoms with Crippen molar-refractivity contribution >= 4 is 35.0 Å². The maximum Gasteiger partial charge on any atom is 0.0848 e. The van der Waals surface area contributed by atoms with Gasteiger partial charge in [-0.25, -0.2) is 0 Å². The van der Waals surface area contributed by atoms with E-state index in [2.05, 4.69) is 6.92 Å². The molecule has 0 radical (unpaired) electrons. The van der Waals surface area contributed by atoms with Crippen LogP contribution in [-0.4, -0.2) is 5.75 Å². The van der Waals surface area contributed by atoms with Crippen LogP contribution in [0.5, 0.6) is 0 Å². The van der Waals surface area contributed by atoms with Gasteiger partial charge in [0, 0.05) is 5.54 Å². The lowest BCUT2D eigenvalue weighted by molar-refractivity contribution is 1.11. The Morgan fingerprint density at radius 3 is 2.75 bits per heavy atom. The van der Waals surface area contributed by atoms with Crippen LogP contribution in [0.25, 0.3) is 0 Å². The van der Waals surface area contributed by atoms with Crippen molar-refractivity contribution in [3.63, 3.8) is 0 Å². The molecule has 48 valence electrons. The van der Waals surface area contributed by atoms with E-state index in [-0.39, 0.29) is 0 Å². The number of hydrogen-bond donors (Lipinski definition) is 0.